The summed E-state index contributed by atoms with van der Waals surface area (Å²) in [6.07, 6.45) is 6.71. The molecule has 0 spiro atoms. The van der Waals surface area contributed by atoms with E-state index in [1.807, 2.05) is 13.0 Å². The highest BCUT2D eigenvalue weighted by molar-refractivity contribution is 5.75. The van der Waals surface area contributed by atoms with Crippen LogP contribution in [0.1, 0.15) is 11.1 Å². The van der Waals surface area contributed by atoms with Crippen molar-refractivity contribution in [2.24, 2.45) is 0 Å². The third-order valence-corrected chi connectivity index (χ3v) is 4.26. The molecular weight excluding hydrogens is 349 g/mol. The highest BCUT2D eigenvalue weighted by atomic mass is 19.1. The molecule has 1 aromatic carbocycles. The maximum atomic E-state index is 14.2. The van der Waals surface area contributed by atoms with Crippen molar-refractivity contribution in [1.82, 2.24) is 29.5 Å². The number of hydrogen-bond acceptors (Lipinski definition) is 6. The average Bonchev–Trinajstić information content (AvgIpc) is 3.25. The fraction of sp³-hybridized carbons (Fsp3) is 0.222. The maximum absolute atomic E-state index is 14.2. The monoisotopic (exact) mass is 367 g/mol. The Morgan fingerprint density at radius 1 is 1.19 bits per heavy atom. The molecule has 0 aliphatic carbocycles. The molecule has 4 rings (SSSR count). The van der Waals surface area contributed by atoms with Crippen LogP contribution < -0.4 is 5.32 Å². The topological polar surface area (TPSA) is 93.7 Å². The molecule has 0 fully saturated rings. The first-order chi connectivity index (χ1) is 13.1. The van der Waals surface area contributed by atoms with Gasteiger partial charge in [-0.15, -0.1) is 0 Å². The quantitative estimate of drug-likeness (QED) is 0.543. The van der Waals surface area contributed by atoms with E-state index in [2.05, 4.69) is 25.5 Å². The number of anilines is 2. The predicted molar refractivity (Wildman–Crippen MR) is 98.2 cm³/mol. The molecule has 0 bridgehead atoms. The van der Waals surface area contributed by atoms with E-state index >= 15 is 0 Å². The van der Waals surface area contributed by atoms with E-state index in [0.29, 0.717) is 29.4 Å². The van der Waals surface area contributed by atoms with Crippen molar-refractivity contribution in [3.63, 3.8) is 0 Å². The molecule has 3 aromatic heterocycles. The minimum Gasteiger partial charge on any atom is -0.394 e. The lowest BCUT2D eigenvalue weighted by Crippen LogP contribution is -2.07. The highest BCUT2D eigenvalue weighted by Gasteiger charge is 2.12. The second-order valence-electron chi connectivity index (χ2n) is 6.15. The van der Waals surface area contributed by atoms with Crippen molar-refractivity contribution in [1.29, 1.82) is 0 Å². The van der Waals surface area contributed by atoms with Crippen LogP contribution in [0.2, 0.25) is 0 Å². The standard InChI is InChI=1S/C18H18FN7O/c1-12-3-2-4-16(19)15(12)11-26-17-13(8-22-26)7-20-18(24-17)23-14-9-21-25(10-14)5-6-27/h2-4,7-10,27H,5-6,11H2,1H3,(H,20,23,24). The highest BCUT2D eigenvalue weighted by Crippen LogP contribution is 2.19. The summed E-state index contributed by atoms with van der Waals surface area (Å²) in [5, 5.41) is 21.3. The number of aromatic nitrogens is 6. The molecule has 0 aliphatic heterocycles. The molecule has 27 heavy (non-hydrogen) atoms. The number of rotatable bonds is 6. The zero-order chi connectivity index (χ0) is 18.8. The molecule has 2 N–H and O–H groups in total. The molecular formula is C18H18FN7O. The SMILES string of the molecule is Cc1cccc(F)c1Cn1ncc2cnc(Nc3cnn(CCO)c3)nc21. The largest absolute Gasteiger partial charge is 0.394 e. The summed E-state index contributed by atoms with van der Waals surface area (Å²) in [5.74, 6) is 0.125. The summed E-state index contributed by atoms with van der Waals surface area (Å²) in [6.45, 7) is 2.58. The molecule has 138 valence electrons. The van der Waals surface area contributed by atoms with Crippen LogP contribution in [0.25, 0.3) is 11.0 Å². The van der Waals surface area contributed by atoms with E-state index in [-0.39, 0.29) is 19.0 Å². The summed E-state index contributed by atoms with van der Waals surface area (Å²) in [4.78, 5) is 8.79. The molecule has 0 amide bonds. The summed E-state index contributed by atoms with van der Waals surface area (Å²) >= 11 is 0. The first-order valence-electron chi connectivity index (χ1n) is 8.47. The van der Waals surface area contributed by atoms with Crippen LogP contribution >= 0.6 is 0 Å². The van der Waals surface area contributed by atoms with Gasteiger partial charge < -0.3 is 10.4 Å². The Balaban J connectivity index is 1.62. The van der Waals surface area contributed by atoms with Gasteiger partial charge in [0.15, 0.2) is 5.65 Å². The Morgan fingerprint density at radius 3 is 2.89 bits per heavy atom. The molecule has 8 nitrogen and oxygen atoms in total. The second-order valence-corrected chi connectivity index (χ2v) is 6.15. The normalized spacial score (nSPS) is 11.2. The molecule has 0 unspecified atom stereocenters. The van der Waals surface area contributed by atoms with Crippen LogP contribution in [-0.2, 0) is 13.1 Å². The minimum absolute atomic E-state index is 0.0121. The number of aryl methyl sites for hydroxylation is 1. The van der Waals surface area contributed by atoms with Gasteiger partial charge in [0, 0.05) is 18.0 Å². The number of hydrogen-bond donors (Lipinski definition) is 2. The van der Waals surface area contributed by atoms with Gasteiger partial charge in [-0.25, -0.2) is 14.1 Å². The number of nitrogens with zero attached hydrogens (tertiary/aromatic N) is 6. The Hall–Kier alpha value is -3.33. The average molecular weight is 367 g/mol. The van der Waals surface area contributed by atoms with Gasteiger partial charge in [0.25, 0.3) is 0 Å². The Labute approximate surface area is 154 Å². The Bertz CT molecular complexity index is 1070. The van der Waals surface area contributed by atoms with E-state index in [1.165, 1.54) is 6.07 Å². The molecule has 0 atom stereocenters. The van der Waals surface area contributed by atoms with Gasteiger partial charge in [0.05, 0.1) is 43.2 Å². The number of aliphatic hydroxyl groups excluding tert-OH is 1. The van der Waals surface area contributed by atoms with Crippen LogP contribution in [0, 0.1) is 12.7 Å². The van der Waals surface area contributed by atoms with E-state index in [4.69, 9.17) is 5.11 Å². The van der Waals surface area contributed by atoms with E-state index in [0.717, 1.165) is 10.9 Å². The minimum atomic E-state index is -0.262. The molecule has 9 heteroatoms. The lowest BCUT2D eigenvalue weighted by molar-refractivity contribution is 0.269. The lowest BCUT2D eigenvalue weighted by Gasteiger charge is -2.08. The fourth-order valence-electron chi connectivity index (χ4n) is 2.84. The number of aliphatic hydroxyl groups is 1. The van der Waals surface area contributed by atoms with Crippen molar-refractivity contribution in [3.05, 3.63) is 59.9 Å². The van der Waals surface area contributed by atoms with E-state index in [9.17, 15) is 4.39 Å². The van der Waals surface area contributed by atoms with E-state index in [1.54, 1.807) is 40.2 Å². The van der Waals surface area contributed by atoms with Crippen molar-refractivity contribution in [3.8, 4) is 0 Å². The Kier molecular flexibility index (Phi) is 4.51. The zero-order valence-corrected chi connectivity index (χ0v) is 14.7. The van der Waals surface area contributed by atoms with Crippen LogP contribution in [0.4, 0.5) is 16.0 Å². The predicted octanol–water partition coefficient (Wildman–Crippen LogP) is 2.25. The molecule has 0 aliphatic rings. The van der Waals surface area contributed by atoms with Crippen molar-refractivity contribution in [2.45, 2.75) is 20.0 Å². The third-order valence-electron chi connectivity index (χ3n) is 4.26. The molecule has 3 heterocycles. The van der Waals surface area contributed by atoms with Gasteiger partial charge in [-0.1, -0.05) is 12.1 Å². The van der Waals surface area contributed by atoms with Gasteiger partial charge in [-0.2, -0.15) is 15.2 Å². The van der Waals surface area contributed by atoms with Gasteiger partial charge in [-0.05, 0) is 18.6 Å². The summed E-state index contributed by atoms with van der Waals surface area (Å²) < 4.78 is 17.4. The van der Waals surface area contributed by atoms with Crippen LogP contribution in [0.15, 0.2) is 43.0 Å². The van der Waals surface area contributed by atoms with Crippen LogP contribution in [-0.4, -0.2) is 41.2 Å². The smallest absolute Gasteiger partial charge is 0.229 e. The number of halogens is 1. The first kappa shape index (κ1) is 17.1. The van der Waals surface area contributed by atoms with Crippen molar-refractivity contribution in [2.75, 3.05) is 11.9 Å². The van der Waals surface area contributed by atoms with Gasteiger partial charge >= 0.3 is 0 Å². The second kappa shape index (κ2) is 7.12. The van der Waals surface area contributed by atoms with Crippen molar-refractivity contribution >= 4 is 22.7 Å². The summed E-state index contributed by atoms with van der Waals surface area (Å²) in [7, 11) is 0. The summed E-state index contributed by atoms with van der Waals surface area (Å²) in [6, 6.07) is 5.01. The van der Waals surface area contributed by atoms with Crippen LogP contribution in [0.5, 0.6) is 0 Å². The molecule has 0 saturated heterocycles. The Morgan fingerprint density at radius 2 is 2.07 bits per heavy atom. The first-order valence-corrected chi connectivity index (χ1v) is 8.47. The fourth-order valence-corrected chi connectivity index (χ4v) is 2.84. The molecule has 0 saturated carbocycles. The number of nitrogens with one attached hydrogen (secondary N) is 1. The van der Waals surface area contributed by atoms with Crippen molar-refractivity contribution < 1.29 is 9.50 Å². The van der Waals surface area contributed by atoms with Gasteiger partial charge in [0.2, 0.25) is 5.95 Å². The maximum Gasteiger partial charge on any atom is 0.229 e. The molecule has 4 aromatic rings. The zero-order valence-electron chi connectivity index (χ0n) is 14.7. The number of fused-ring (bicyclic) bond motifs is 1. The van der Waals surface area contributed by atoms with E-state index < -0.39 is 0 Å². The van der Waals surface area contributed by atoms with Crippen LogP contribution in [0.3, 0.4) is 0 Å². The third kappa shape index (κ3) is 3.49. The van der Waals surface area contributed by atoms with Gasteiger partial charge in [0.1, 0.15) is 5.82 Å². The van der Waals surface area contributed by atoms with Gasteiger partial charge in [-0.3, -0.25) is 4.68 Å². The number of benzene rings is 1. The lowest BCUT2D eigenvalue weighted by atomic mass is 10.1. The molecule has 0 radical (unpaired) electrons. The summed E-state index contributed by atoms with van der Waals surface area (Å²) in [5.41, 5.74) is 2.76.